The van der Waals surface area contributed by atoms with Crippen LogP contribution in [-0.4, -0.2) is 25.3 Å². The largest absolute Gasteiger partial charge is 0.398 e. The first-order valence-corrected chi connectivity index (χ1v) is 8.40. The Hall–Kier alpha value is -1.07. The van der Waals surface area contributed by atoms with Gasteiger partial charge < -0.3 is 5.73 Å². The van der Waals surface area contributed by atoms with Gasteiger partial charge in [-0.1, -0.05) is 13.8 Å². The lowest BCUT2D eigenvalue weighted by atomic mass is 10.1. The first-order valence-electron chi connectivity index (χ1n) is 6.96. The molecule has 2 N–H and O–H groups in total. The van der Waals surface area contributed by atoms with E-state index in [1.54, 1.807) is 12.1 Å². The molecule has 0 atom stereocenters. The van der Waals surface area contributed by atoms with Gasteiger partial charge in [-0.3, -0.25) is 0 Å². The van der Waals surface area contributed by atoms with Gasteiger partial charge >= 0.3 is 0 Å². The van der Waals surface area contributed by atoms with E-state index in [0.717, 1.165) is 11.1 Å². The van der Waals surface area contributed by atoms with Crippen molar-refractivity contribution in [2.24, 2.45) is 5.92 Å². The first-order chi connectivity index (χ1) is 9.07. The maximum atomic E-state index is 12.8. The molecule has 114 valence electrons. The Morgan fingerprint density at radius 2 is 1.60 bits per heavy atom. The molecule has 0 aromatic heterocycles. The van der Waals surface area contributed by atoms with E-state index < -0.39 is 10.0 Å². The molecule has 0 heterocycles. The average Bonchev–Trinajstić information content (AvgIpc) is 2.29. The van der Waals surface area contributed by atoms with E-state index in [1.807, 2.05) is 41.5 Å². The van der Waals surface area contributed by atoms with Gasteiger partial charge in [-0.15, -0.1) is 0 Å². The van der Waals surface area contributed by atoms with Gasteiger partial charge in [-0.05, 0) is 56.9 Å². The van der Waals surface area contributed by atoms with Crippen LogP contribution in [0.4, 0.5) is 5.69 Å². The van der Waals surface area contributed by atoms with Gasteiger partial charge in [-0.25, -0.2) is 8.42 Å². The molecule has 0 aliphatic rings. The van der Waals surface area contributed by atoms with E-state index in [-0.39, 0.29) is 16.9 Å². The van der Waals surface area contributed by atoms with E-state index in [0.29, 0.717) is 12.2 Å². The normalized spacial score (nSPS) is 12.7. The number of benzene rings is 1. The minimum Gasteiger partial charge on any atom is -0.398 e. The number of nitrogens with two attached hydrogens (primary N) is 1. The molecule has 5 heteroatoms. The van der Waals surface area contributed by atoms with Crippen molar-refractivity contribution in [2.75, 3.05) is 12.3 Å². The van der Waals surface area contributed by atoms with Crippen LogP contribution >= 0.6 is 0 Å². The molecule has 0 fully saturated rings. The second-order valence-corrected chi connectivity index (χ2v) is 7.90. The van der Waals surface area contributed by atoms with Crippen molar-refractivity contribution in [3.8, 4) is 0 Å². The molecule has 0 radical (unpaired) electrons. The number of nitrogens with zero attached hydrogens (tertiary/aromatic N) is 1. The molecule has 0 amide bonds. The Kier molecular flexibility index (Phi) is 5.21. The highest BCUT2D eigenvalue weighted by Gasteiger charge is 2.29. The summed E-state index contributed by atoms with van der Waals surface area (Å²) in [5.41, 5.74) is 8.20. The summed E-state index contributed by atoms with van der Waals surface area (Å²) in [5.74, 6) is 0.264. The van der Waals surface area contributed by atoms with E-state index in [1.165, 1.54) is 4.31 Å². The zero-order valence-corrected chi connectivity index (χ0v) is 14.1. The first kappa shape index (κ1) is 17.0. The molecule has 1 aromatic rings. The number of nitrogen functional groups attached to an aromatic ring is 1. The van der Waals surface area contributed by atoms with Crippen LogP contribution in [0, 0.1) is 19.8 Å². The molecule has 1 rings (SSSR count). The Balaban J connectivity index is 3.37. The second kappa shape index (κ2) is 6.14. The van der Waals surface area contributed by atoms with Crippen molar-refractivity contribution >= 4 is 15.7 Å². The molecule has 4 nitrogen and oxygen atoms in total. The lowest BCUT2D eigenvalue weighted by molar-refractivity contribution is 0.319. The fourth-order valence-corrected chi connectivity index (χ4v) is 4.09. The molecular formula is C15H26N2O2S. The van der Waals surface area contributed by atoms with Crippen LogP contribution in [0.25, 0.3) is 0 Å². The van der Waals surface area contributed by atoms with Crippen LogP contribution in [0.2, 0.25) is 0 Å². The molecule has 0 aliphatic heterocycles. The van der Waals surface area contributed by atoms with Gasteiger partial charge in [0.1, 0.15) is 4.90 Å². The number of hydrogen-bond acceptors (Lipinski definition) is 3. The zero-order valence-electron chi connectivity index (χ0n) is 13.3. The fraction of sp³-hybridized carbons (Fsp3) is 0.600. The Bertz CT molecular complexity index is 578. The third-order valence-corrected chi connectivity index (χ3v) is 5.43. The van der Waals surface area contributed by atoms with Crippen molar-refractivity contribution < 1.29 is 8.42 Å². The number of anilines is 1. The molecular weight excluding hydrogens is 272 g/mol. The summed E-state index contributed by atoms with van der Waals surface area (Å²) in [7, 11) is -3.56. The molecule has 0 saturated heterocycles. The van der Waals surface area contributed by atoms with Crippen molar-refractivity contribution in [3.05, 3.63) is 23.3 Å². The zero-order chi connectivity index (χ0) is 15.7. The summed E-state index contributed by atoms with van der Waals surface area (Å²) in [6.07, 6.45) is 0. The molecule has 0 aliphatic carbocycles. The molecule has 0 spiro atoms. The van der Waals surface area contributed by atoms with E-state index >= 15 is 0 Å². The van der Waals surface area contributed by atoms with E-state index in [4.69, 9.17) is 5.73 Å². The Morgan fingerprint density at radius 3 is 2.05 bits per heavy atom. The number of hydrogen-bond donors (Lipinski definition) is 1. The summed E-state index contributed by atoms with van der Waals surface area (Å²) in [6.45, 7) is 12.1. The van der Waals surface area contributed by atoms with E-state index in [2.05, 4.69) is 0 Å². The van der Waals surface area contributed by atoms with Gasteiger partial charge in [-0.2, -0.15) is 4.31 Å². The van der Waals surface area contributed by atoms with Gasteiger partial charge in [0, 0.05) is 12.6 Å². The summed E-state index contributed by atoms with van der Waals surface area (Å²) in [5, 5.41) is 0. The third kappa shape index (κ3) is 3.52. The minimum atomic E-state index is -3.56. The van der Waals surface area contributed by atoms with Gasteiger partial charge in [0.25, 0.3) is 0 Å². The second-order valence-electron chi connectivity index (χ2n) is 6.04. The molecule has 0 bridgehead atoms. The highest BCUT2D eigenvalue weighted by Crippen LogP contribution is 2.27. The fourth-order valence-electron chi connectivity index (χ4n) is 2.11. The SMILES string of the molecule is Cc1cc(N)c(S(=O)(=O)N(CC(C)C)C(C)C)cc1C. The Morgan fingerprint density at radius 1 is 1.10 bits per heavy atom. The van der Waals surface area contributed by atoms with Crippen LogP contribution in [-0.2, 0) is 10.0 Å². The number of rotatable bonds is 5. The van der Waals surface area contributed by atoms with Crippen LogP contribution in [0.1, 0.15) is 38.8 Å². The number of sulfonamides is 1. The van der Waals surface area contributed by atoms with Crippen molar-refractivity contribution in [1.82, 2.24) is 4.31 Å². The van der Waals surface area contributed by atoms with Crippen LogP contribution in [0.15, 0.2) is 17.0 Å². The number of aryl methyl sites for hydroxylation is 2. The standard InChI is InChI=1S/C15H26N2O2S/c1-10(2)9-17(11(3)4)20(18,19)15-8-13(6)12(5)7-14(15)16/h7-8,10-11H,9,16H2,1-6H3. The highest BCUT2D eigenvalue weighted by molar-refractivity contribution is 7.89. The maximum Gasteiger partial charge on any atom is 0.245 e. The highest BCUT2D eigenvalue weighted by atomic mass is 32.2. The summed E-state index contributed by atoms with van der Waals surface area (Å²) in [4.78, 5) is 0.218. The predicted octanol–water partition coefficient (Wildman–Crippen LogP) is 2.94. The molecule has 1 aromatic carbocycles. The topological polar surface area (TPSA) is 63.4 Å². The minimum absolute atomic E-state index is 0.0941. The molecule has 0 unspecified atom stereocenters. The van der Waals surface area contributed by atoms with Crippen molar-refractivity contribution in [3.63, 3.8) is 0 Å². The molecule has 0 saturated carbocycles. The van der Waals surface area contributed by atoms with E-state index in [9.17, 15) is 8.42 Å². The lowest BCUT2D eigenvalue weighted by Crippen LogP contribution is -2.39. The van der Waals surface area contributed by atoms with Gasteiger partial charge in [0.2, 0.25) is 10.0 Å². The summed E-state index contributed by atoms with van der Waals surface area (Å²) < 4.78 is 27.2. The third-order valence-electron chi connectivity index (χ3n) is 3.33. The summed E-state index contributed by atoms with van der Waals surface area (Å²) in [6, 6.07) is 3.31. The quantitative estimate of drug-likeness (QED) is 0.850. The molecule has 20 heavy (non-hydrogen) atoms. The predicted molar refractivity (Wildman–Crippen MR) is 84.2 cm³/mol. The maximum absolute atomic E-state index is 12.8. The Labute approximate surface area is 123 Å². The average molecular weight is 298 g/mol. The van der Waals surface area contributed by atoms with Crippen molar-refractivity contribution in [2.45, 2.75) is 52.5 Å². The van der Waals surface area contributed by atoms with Crippen LogP contribution in [0.5, 0.6) is 0 Å². The van der Waals surface area contributed by atoms with Crippen molar-refractivity contribution in [1.29, 1.82) is 0 Å². The van der Waals surface area contributed by atoms with Gasteiger partial charge in [0.05, 0.1) is 5.69 Å². The monoisotopic (exact) mass is 298 g/mol. The van der Waals surface area contributed by atoms with Crippen LogP contribution in [0.3, 0.4) is 0 Å². The van der Waals surface area contributed by atoms with Crippen LogP contribution < -0.4 is 5.73 Å². The summed E-state index contributed by atoms with van der Waals surface area (Å²) >= 11 is 0. The van der Waals surface area contributed by atoms with Gasteiger partial charge in [0.15, 0.2) is 0 Å². The lowest BCUT2D eigenvalue weighted by Gasteiger charge is -2.28. The smallest absolute Gasteiger partial charge is 0.245 e.